The lowest BCUT2D eigenvalue weighted by atomic mass is 9.97. The van der Waals surface area contributed by atoms with E-state index in [1.807, 2.05) is 24.3 Å². The summed E-state index contributed by atoms with van der Waals surface area (Å²) in [5.74, 6) is 0.0589. The van der Waals surface area contributed by atoms with Gasteiger partial charge in [-0.25, -0.2) is 0 Å². The van der Waals surface area contributed by atoms with E-state index in [4.69, 9.17) is 0 Å². The Morgan fingerprint density at radius 1 is 1.00 bits per heavy atom. The number of carbonyl (C=O) groups excluding carboxylic acids is 1. The Morgan fingerprint density at radius 3 is 2.71 bits per heavy atom. The van der Waals surface area contributed by atoms with Crippen molar-refractivity contribution in [3.63, 3.8) is 0 Å². The molecule has 1 amide bonds. The topological polar surface area (TPSA) is 37.3 Å². The van der Waals surface area contributed by atoms with Crippen LogP contribution in [-0.4, -0.2) is 40.5 Å². The summed E-state index contributed by atoms with van der Waals surface area (Å²) in [5, 5.41) is 4.47. The Morgan fingerprint density at radius 2 is 1.82 bits per heavy atom. The highest BCUT2D eigenvalue weighted by Crippen LogP contribution is 2.27. The number of amides is 1. The van der Waals surface area contributed by atoms with Crippen molar-refractivity contribution in [2.45, 2.75) is 44.3 Å². The van der Waals surface area contributed by atoms with Crippen LogP contribution >= 0.6 is 0 Å². The number of para-hydroxylation sites is 1. The number of nitrogens with zero attached hydrogens (tertiary/aromatic N) is 2. The monoisotopic (exact) mass is 373 g/mol. The normalized spacial score (nSPS) is 22.3. The summed E-state index contributed by atoms with van der Waals surface area (Å²) in [6.45, 7) is 3.05. The molecule has 2 aliphatic heterocycles. The highest BCUT2D eigenvalue weighted by Gasteiger charge is 2.32. The molecule has 144 valence electrons. The number of fused-ring (bicyclic) bond motifs is 2. The standard InChI is InChI=1S/C24H27N3O/c28-24(25-20-12-14-26-13-6-10-21(26)16-20)23-15-19-9-4-5-11-22(19)27(23)17-18-7-2-1-3-8-18/h1-5,7-9,11,15,20-21H,6,10,12-14,16-17H2,(H,25,28). The van der Waals surface area contributed by atoms with Gasteiger partial charge in [0.1, 0.15) is 5.69 Å². The van der Waals surface area contributed by atoms with Gasteiger partial charge >= 0.3 is 0 Å². The van der Waals surface area contributed by atoms with E-state index in [1.165, 1.54) is 24.9 Å². The van der Waals surface area contributed by atoms with Gasteiger partial charge in [-0.3, -0.25) is 4.79 Å². The Balaban J connectivity index is 1.41. The van der Waals surface area contributed by atoms with E-state index >= 15 is 0 Å². The summed E-state index contributed by atoms with van der Waals surface area (Å²) in [5.41, 5.74) is 3.08. The van der Waals surface area contributed by atoms with Crippen molar-refractivity contribution in [1.82, 2.24) is 14.8 Å². The van der Waals surface area contributed by atoms with E-state index in [0.29, 0.717) is 12.6 Å². The molecule has 1 aromatic heterocycles. The molecule has 0 bridgehead atoms. The van der Waals surface area contributed by atoms with Crippen LogP contribution < -0.4 is 5.32 Å². The molecule has 2 unspecified atom stereocenters. The largest absolute Gasteiger partial charge is 0.348 e. The van der Waals surface area contributed by atoms with Gasteiger partial charge in [0.2, 0.25) is 0 Å². The van der Waals surface area contributed by atoms with Crippen molar-refractivity contribution in [3.05, 3.63) is 71.9 Å². The van der Waals surface area contributed by atoms with Crippen LogP contribution in [0.25, 0.3) is 10.9 Å². The van der Waals surface area contributed by atoms with Gasteiger partial charge in [-0.15, -0.1) is 0 Å². The summed E-state index contributed by atoms with van der Waals surface area (Å²) in [4.78, 5) is 15.8. The molecule has 2 aromatic carbocycles. The van der Waals surface area contributed by atoms with Crippen molar-refractivity contribution in [2.24, 2.45) is 0 Å². The van der Waals surface area contributed by atoms with E-state index in [9.17, 15) is 4.79 Å². The Kier molecular flexibility index (Phi) is 4.65. The molecule has 5 rings (SSSR count). The van der Waals surface area contributed by atoms with Gasteiger partial charge in [-0.05, 0) is 49.9 Å². The summed E-state index contributed by atoms with van der Waals surface area (Å²) < 4.78 is 2.16. The van der Waals surface area contributed by atoms with Crippen molar-refractivity contribution in [2.75, 3.05) is 13.1 Å². The molecule has 2 saturated heterocycles. The Bertz CT molecular complexity index is 978. The molecular weight excluding hydrogens is 346 g/mol. The summed E-state index contributed by atoms with van der Waals surface area (Å²) >= 11 is 0. The zero-order valence-corrected chi connectivity index (χ0v) is 16.2. The molecule has 4 nitrogen and oxygen atoms in total. The number of piperidine rings is 1. The molecule has 28 heavy (non-hydrogen) atoms. The second-order valence-electron chi connectivity index (χ2n) is 8.19. The highest BCUT2D eigenvalue weighted by atomic mass is 16.2. The molecule has 1 N–H and O–H groups in total. The predicted octanol–water partition coefficient (Wildman–Crippen LogP) is 4.05. The number of carbonyl (C=O) groups is 1. The van der Waals surface area contributed by atoms with Crippen LogP contribution in [0.2, 0.25) is 0 Å². The van der Waals surface area contributed by atoms with Crippen LogP contribution in [-0.2, 0) is 6.54 Å². The SMILES string of the molecule is O=C(NC1CCN2CCCC2C1)c1cc2ccccc2n1Cc1ccccc1. The van der Waals surface area contributed by atoms with Crippen molar-refractivity contribution in [3.8, 4) is 0 Å². The first-order chi connectivity index (χ1) is 13.8. The van der Waals surface area contributed by atoms with Crippen LogP contribution in [0.15, 0.2) is 60.7 Å². The minimum atomic E-state index is 0.0589. The fraction of sp³-hybridized carbons (Fsp3) is 0.375. The number of benzene rings is 2. The first kappa shape index (κ1) is 17.5. The maximum atomic E-state index is 13.2. The first-order valence-electron chi connectivity index (χ1n) is 10.4. The highest BCUT2D eigenvalue weighted by molar-refractivity contribution is 5.99. The molecule has 3 aromatic rings. The third kappa shape index (κ3) is 3.33. The smallest absolute Gasteiger partial charge is 0.268 e. The van der Waals surface area contributed by atoms with Gasteiger partial charge in [0.25, 0.3) is 5.91 Å². The lowest BCUT2D eigenvalue weighted by Gasteiger charge is -2.35. The quantitative estimate of drug-likeness (QED) is 0.749. The lowest BCUT2D eigenvalue weighted by Crippen LogP contribution is -2.47. The molecule has 3 heterocycles. The van der Waals surface area contributed by atoms with Crippen LogP contribution in [0, 0.1) is 0 Å². The summed E-state index contributed by atoms with van der Waals surface area (Å²) in [6, 6.07) is 21.6. The van der Waals surface area contributed by atoms with Crippen LogP contribution in [0.4, 0.5) is 0 Å². The average molecular weight is 374 g/mol. The molecule has 0 radical (unpaired) electrons. The lowest BCUT2D eigenvalue weighted by molar-refractivity contribution is 0.0888. The van der Waals surface area contributed by atoms with Gasteiger partial charge in [-0.2, -0.15) is 0 Å². The predicted molar refractivity (Wildman–Crippen MR) is 113 cm³/mol. The number of hydrogen-bond donors (Lipinski definition) is 1. The molecular formula is C24H27N3O. The first-order valence-corrected chi connectivity index (χ1v) is 10.4. The number of aromatic nitrogens is 1. The molecule has 2 aliphatic rings. The summed E-state index contributed by atoms with van der Waals surface area (Å²) in [7, 11) is 0. The second kappa shape index (κ2) is 7.44. The number of nitrogens with one attached hydrogen (secondary N) is 1. The molecule has 0 spiro atoms. The van der Waals surface area contributed by atoms with Crippen LogP contribution in [0.3, 0.4) is 0 Å². The van der Waals surface area contributed by atoms with E-state index < -0.39 is 0 Å². The van der Waals surface area contributed by atoms with Crippen molar-refractivity contribution < 1.29 is 4.79 Å². The zero-order valence-electron chi connectivity index (χ0n) is 16.2. The van der Waals surface area contributed by atoms with Crippen molar-refractivity contribution in [1.29, 1.82) is 0 Å². The Labute approximate surface area is 166 Å². The van der Waals surface area contributed by atoms with Gasteiger partial charge in [0, 0.05) is 36.1 Å². The average Bonchev–Trinajstić information content (AvgIpc) is 3.33. The Hall–Kier alpha value is -2.59. The van der Waals surface area contributed by atoms with E-state index in [2.05, 4.69) is 51.2 Å². The number of rotatable bonds is 4. The fourth-order valence-electron chi connectivity index (χ4n) is 4.95. The second-order valence-corrected chi connectivity index (χ2v) is 8.19. The fourth-order valence-corrected chi connectivity index (χ4v) is 4.95. The number of hydrogen-bond acceptors (Lipinski definition) is 2. The molecule has 2 fully saturated rings. The molecule has 4 heteroatoms. The van der Waals surface area contributed by atoms with Gasteiger partial charge in [-0.1, -0.05) is 48.5 Å². The van der Waals surface area contributed by atoms with Crippen molar-refractivity contribution >= 4 is 16.8 Å². The van der Waals surface area contributed by atoms with Gasteiger partial charge in [0.15, 0.2) is 0 Å². The van der Waals surface area contributed by atoms with E-state index in [0.717, 1.165) is 36.0 Å². The van der Waals surface area contributed by atoms with E-state index in [1.54, 1.807) is 0 Å². The van der Waals surface area contributed by atoms with E-state index in [-0.39, 0.29) is 11.9 Å². The van der Waals surface area contributed by atoms with Crippen LogP contribution in [0.1, 0.15) is 41.7 Å². The molecule has 2 atom stereocenters. The van der Waals surface area contributed by atoms with Gasteiger partial charge in [0.05, 0.1) is 0 Å². The third-order valence-corrected chi connectivity index (χ3v) is 6.38. The maximum absolute atomic E-state index is 13.2. The van der Waals surface area contributed by atoms with Crippen LogP contribution in [0.5, 0.6) is 0 Å². The molecule has 0 aliphatic carbocycles. The zero-order chi connectivity index (χ0) is 18.9. The minimum absolute atomic E-state index is 0.0589. The molecule has 0 saturated carbocycles. The third-order valence-electron chi connectivity index (χ3n) is 6.38. The minimum Gasteiger partial charge on any atom is -0.348 e. The van der Waals surface area contributed by atoms with Gasteiger partial charge < -0.3 is 14.8 Å². The summed E-state index contributed by atoms with van der Waals surface area (Å²) in [6.07, 6.45) is 4.73. The maximum Gasteiger partial charge on any atom is 0.268 e.